The van der Waals surface area contributed by atoms with Gasteiger partial charge in [-0.25, -0.2) is 4.79 Å². The van der Waals surface area contributed by atoms with Gasteiger partial charge in [-0.1, -0.05) is 19.3 Å². The number of likely N-dealkylation sites (tertiary alicyclic amines) is 1. The van der Waals surface area contributed by atoms with Crippen LogP contribution in [0.3, 0.4) is 0 Å². The monoisotopic (exact) mass is 435 g/mol. The summed E-state index contributed by atoms with van der Waals surface area (Å²) >= 11 is 0. The SMILES string of the molecule is O=C(Nc1ccc2n(c1=O)C[C@H]1C[C@@H]2CN(C(=O)NC2CCCCC2)C1)c1ccncc1. The minimum absolute atomic E-state index is 0.0311. The predicted molar refractivity (Wildman–Crippen MR) is 121 cm³/mol. The molecule has 32 heavy (non-hydrogen) atoms. The number of aromatic nitrogens is 2. The molecule has 3 amide bonds. The number of urea groups is 1. The van der Waals surface area contributed by atoms with E-state index in [0.717, 1.165) is 25.0 Å². The smallest absolute Gasteiger partial charge is 0.317 e. The normalized spacial score (nSPS) is 22.7. The fourth-order valence-electron chi connectivity index (χ4n) is 5.42. The zero-order valence-corrected chi connectivity index (χ0v) is 18.1. The number of nitrogens with zero attached hydrogens (tertiary/aromatic N) is 3. The number of piperidine rings is 1. The highest BCUT2D eigenvalue weighted by atomic mass is 16.2. The lowest BCUT2D eigenvalue weighted by Crippen LogP contribution is -2.53. The zero-order valence-electron chi connectivity index (χ0n) is 18.1. The molecule has 168 valence electrons. The Hall–Kier alpha value is -3.16. The highest BCUT2D eigenvalue weighted by Crippen LogP contribution is 2.35. The molecule has 1 saturated carbocycles. The molecule has 1 saturated heterocycles. The van der Waals surface area contributed by atoms with Crippen LogP contribution in [0.2, 0.25) is 0 Å². The van der Waals surface area contributed by atoms with Crippen molar-refractivity contribution >= 4 is 17.6 Å². The topological polar surface area (TPSA) is 96.3 Å². The van der Waals surface area contributed by atoms with Crippen LogP contribution in [0.25, 0.3) is 0 Å². The van der Waals surface area contributed by atoms with Crippen molar-refractivity contribution in [2.75, 3.05) is 18.4 Å². The second-order valence-electron chi connectivity index (χ2n) is 9.27. The lowest BCUT2D eigenvalue weighted by Gasteiger charge is -2.43. The molecule has 1 aliphatic carbocycles. The maximum absolute atomic E-state index is 13.1. The molecule has 2 bridgehead atoms. The van der Waals surface area contributed by atoms with Crippen LogP contribution < -0.4 is 16.2 Å². The molecule has 2 aliphatic heterocycles. The van der Waals surface area contributed by atoms with E-state index in [4.69, 9.17) is 0 Å². The summed E-state index contributed by atoms with van der Waals surface area (Å²) in [6.07, 6.45) is 9.85. The van der Waals surface area contributed by atoms with Crippen molar-refractivity contribution in [1.29, 1.82) is 0 Å². The van der Waals surface area contributed by atoms with Gasteiger partial charge in [-0.3, -0.25) is 14.6 Å². The minimum atomic E-state index is -0.327. The van der Waals surface area contributed by atoms with Crippen molar-refractivity contribution in [3.05, 3.63) is 58.3 Å². The molecule has 5 rings (SSSR count). The third-order valence-electron chi connectivity index (χ3n) is 7.01. The van der Waals surface area contributed by atoms with Crippen molar-refractivity contribution < 1.29 is 9.59 Å². The second-order valence-corrected chi connectivity index (χ2v) is 9.27. The summed E-state index contributed by atoms with van der Waals surface area (Å²) < 4.78 is 1.79. The Bertz CT molecular complexity index is 1060. The molecular weight excluding hydrogens is 406 g/mol. The van der Waals surface area contributed by atoms with E-state index < -0.39 is 0 Å². The number of nitrogens with one attached hydrogen (secondary N) is 2. The zero-order chi connectivity index (χ0) is 22.1. The fourth-order valence-corrected chi connectivity index (χ4v) is 5.42. The van der Waals surface area contributed by atoms with E-state index in [1.165, 1.54) is 19.3 Å². The minimum Gasteiger partial charge on any atom is -0.335 e. The van der Waals surface area contributed by atoms with Crippen LogP contribution in [0.1, 0.15) is 60.5 Å². The van der Waals surface area contributed by atoms with E-state index in [2.05, 4.69) is 15.6 Å². The van der Waals surface area contributed by atoms with Crippen molar-refractivity contribution in [2.45, 2.75) is 57.0 Å². The number of pyridine rings is 2. The Kier molecular flexibility index (Phi) is 5.68. The standard InChI is InChI=1S/C24H29N5O3/c30-22(17-8-10-25-11-9-17)27-20-6-7-21-18-12-16(14-29(21)23(20)31)13-28(15-18)24(32)26-19-4-2-1-3-5-19/h6-11,16,18-19H,1-5,12-15H2,(H,26,32)(H,27,30)/t16-,18+/m0/s1. The first-order chi connectivity index (χ1) is 15.6. The Morgan fingerprint density at radius 1 is 0.969 bits per heavy atom. The van der Waals surface area contributed by atoms with Crippen LogP contribution in [0.5, 0.6) is 0 Å². The quantitative estimate of drug-likeness (QED) is 0.775. The largest absolute Gasteiger partial charge is 0.335 e. The van der Waals surface area contributed by atoms with Gasteiger partial charge in [-0.2, -0.15) is 0 Å². The van der Waals surface area contributed by atoms with Gasteiger partial charge in [0, 0.05) is 55.2 Å². The molecule has 3 aliphatic rings. The van der Waals surface area contributed by atoms with Gasteiger partial charge in [0.1, 0.15) is 5.69 Å². The number of carbonyl (C=O) groups excluding carboxylic acids is 2. The lowest BCUT2D eigenvalue weighted by atomic mass is 9.83. The molecule has 2 fully saturated rings. The molecular formula is C24H29N5O3. The summed E-state index contributed by atoms with van der Waals surface area (Å²) in [6, 6.07) is 7.16. The Balaban J connectivity index is 1.30. The highest BCUT2D eigenvalue weighted by Gasteiger charge is 2.37. The van der Waals surface area contributed by atoms with Gasteiger partial charge in [-0.15, -0.1) is 0 Å². The molecule has 2 N–H and O–H groups in total. The van der Waals surface area contributed by atoms with Crippen LogP contribution in [0.15, 0.2) is 41.5 Å². The van der Waals surface area contributed by atoms with Crippen molar-refractivity contribution in [2.24, 2.45) is 5.92 Å². The van der Waals surface area contributed by atoms with Crippen LogP contribution >= 0.6 is 0 Å². The summed E-state index contributed by atoms with van der Waals surface area (Å²) in [5.41, 5.74) is 1.50. The molecule has 2 atom stereocenters. The van der Waals surface area contributed by atoms with Crippen molar-refractivity contribution in [3.8, 4) is 0 Å². The van der Waals surface area contributed by atoms with Crippen molar-refractivity contribution in [3.63, 3.8) is 0 Å². The number of amides is 3. The lowest BCUT2D eigenvalue weighted by molar-refractivity contribution is 0.102. The Morgan fingerprint density at radius 3 is 2.53 bits per heavy atom. The van der Waals surface area contributed by atoms with Gasteiger partial charge in [0.25, 0.3) is 11.5 Å². The van der Waals surface area contributed by atoms with E-state index in [1.807, 2.05) is 11.0 Å². The third-order valence-corrected chi connectivity index (χ3v) is 7.01. The van der Waals surface area contributed by atoms with Crippen LogP contribution in [0, 0.1) is 5.92 Å². The fraction of sp³-hybridized carbons (Fsp3) is 0.500. The first kappa shape index (κ1) is 20.7. The number of fused-ring (bicyclic) bond motifs is 4. The van der Waals surface area contributed by atoms with Crippen LogP contribution in [-0.4, -0.2) is 45.5 Å². The van der Waals surface area contributed by atoms with Crippen molar-refractivity contribution in [1.82, 2.24) is 19.8 Å². The maximum Gasteiger partial charge on any atom is 0.317 e. The van der Waals surface area contributed by atoms with Crippen LogP contribution in [-0.2, 0) is 6.54 Å². The number of rotatable bonds is 3. The number of hydrogen-bond acceptors (Lipinski definition) is 4. The molecule has 0 unspecified atom stereocenters. The maximum atomic E-state index is 13.1. The molecule has 8 heteroatoms. The van der Waals surface area contributed by atoms with Gasteiger partial charge in [0.15, 0.2) is 0 Å². The van der Waals surface area contributed by atoms with Gasteiger partial charge in [0.05, 0.1) is 0 Å². The molecule has 0 aromatic carbocycles. The summed E-state index contributed by atoms with van der Waals surface area (Å²) in [5, 5.41) is 5.97. The first-order valence-corrected chi connectivity index (χ1v) is 11.6. The summed E-state index contributed by atoms with van der Waals surface area (Å²) in [6.45, 7) is 1.85. The van der Waals surface area contributed by atoms with E-state index in [9.17, 15) is 14.4 Å². The molecule has 2 aromatic rings. The van der Waals surface area contributed by atoms with E-state index >= 15 is 0 Å². The van der Waals surface area contributed by atoms with E-state index in [1.54, 1.807) is 35.2 Å². The molecule has 4 heterocycles. The molecule has 0 radical (unpaired) electrons. The second kappa shape index (κ2) is 8.76. The third kappa shape index (κ3) is 4.13. The van der Waals surface area contributed by atoms with Gasteiger partial charge >= 0.3 is 6.03 Å². The molecule has 2 aromatic heterocycles. The summed E-state index contributed by atoms with van der Waals surface area (Å²) in [5.74, 6) is 0.0473. The van der Waals surface area contributed by atoms with E-state index in [0.29, 0.717) is 31.2 Å². The number of hydrogen-bond donors (Lipinski definition) is 2. The average molecular weight is 436 g/mol. The molecule has 0 spiro atoms. The van der Waals surface area contributed by atoms with E-state index in [-0.39, 0.29) is 35.0 Å². The Morgan fingerprint density at radius 2 is 1.75 bits per heavy atom. The van der Waals surface area contributed by atoms with Gasteiger partial charge in [0.2, 0.25) is 0 Å². The average Bonchev–Trinajstić information content (AvgIpc) is 2.82. The highest BCUT2D eigenvalue weighted by molar-refractivity contribution is 6.04. The van der Waals surface area contributed by atoms with Gasteiger partial charge in [-0.05, 0) is 49.4 Å². The Labute approximate surface area is 187 Å². The first-order valence-electron chi connectivity index (χ1n) is 11.6. The summed E-state index contributed by atoms with van der Waals surface area (Å²) in [7, 11) is 0. The van der Waals surface area contributed by atoms with Crippen LogP contribution in [0.4, 0.5) is 10.5 Å². The van der Waals surface area contributed by atoms with Gasteiger partial charge < -0.3 is 20.1 Å². The molecule has 8 nitrogen and oxygen atoms in total. The summed E-state index contributed by atoms with van der Waals surface area (Å²) in [4.78, 5) is 44.3. The predicted octanol–water partition coefficient (Wildman–Crippen LogP) is 2.96. The number of anilines is 1. The number of carbonyl (C=O) groups is 2.